The van der Waals surface area contributed by atoms with E-state index in [4.69, 9.17) is 0 Å². The fourth-order valence-corrected chi connectivity index (χ4v) is 4.73. The molecule has 0 radical (unpaired) electrons. The minimum Gasteiger partial charge on any atom is -0.299 e. The summed E-state index contributed by atoms with van der Waals surface area (Å²) in [5, 5.41) is 0. The number of carbonyl (C=O) groups excluding carboxylic acids is 2. The van der Waals surface area contributed by atoms with Gasteiger partial charge in [0.15, 0.2) is 0 Å². The molecule has 0 spiro atoms. The van der Waals surface area contributed by atoms with Crippen LogP contribution in [0.25, 0.3) is 0 Å². The van der Waals surface area contributed by atoms with Crippen LogP contribution in [0.15, 0.2) is 47.5 Å². The first kappa shape index (κ1) is 20.5. The molecule has 2 aromatic rings. The second kappa shape index (κ2) is 8.52. The van der Waals surface area contributed by atoms with Crippen molar-refractivity contribution in [2.75, 3.05) is 24.5 Å². The van der Waals surface area contributed by atoms with Crippen LogP contribution in [0.1, 0.15) is 52.7 Å². The molecule has 2 aromatic carbocycles. The lowest BCUT2D eigenvalue weighted by Crippen LogP contribution is -2.45. The molecule has 0 aromatic heterocycles. The lowest BCUT2D eigenvalue weighted by atomic mass is 9.88. The predicted octanol–water partition coefficient (Wildman–Crippen LogP) is 4.13. The van der Waals surface area contributed by atoms with Gasteiger partial charge in [0.25, 0.3) is 5.91 Å². The Labute approximate surface area is 178 Å². The molecular weight excluding hydrogens is 374 g/mol. The molecule has 2 amide bonds. The molecule has 4 rings (SSSR count). The Morgan fingerprint density at radius 1 is 1.10 bits per heavy atom. The van der Waals surface area contributed by atoms with Crippen LogP contribution in [0.2, 0.25) is 0 Å². The number of amides is 2. The summed E-state index contributed by atoms with van der Waals surface area (Å²) in [6.45, 7) is 8.97. The first-order chi connectivity index (χ1) is 14.5. The van der Waals surface area contributed by atoms with E-state index in [0.29, 0.717) is 23.8 Å². The summed E-state index contributed by atoms with van der Waals surface area (Å²) < 4.78 is 0. The van der Waals surface area contributed by atoms with Gasteiger partial charge in [-0.1, -0.05) is 31.2 Å². The number of hydrogen-bond acceptors (Lipinski definition) is 4. The summed E-state index contributed by atoms with van der Waals surface area (Å²) in [5.74, 6) is -1.04. The fourth-order valence-electron chi connectivity index (χ4n) is 4.73. The van der Waals surface area contributed by atoms with Crippen LogP contribution in [-0.4, -0.2) is 48.6 Å². The number of carbonyl (C=O) groups is 2. The standard InChI is InChI=1S/C25H29N3O2/c1-4-27-11-7-8-19(27)15-26-16-23-21-9-5-6-10-22(21)24(29)28(25(23)30)20-13-17(2)12-18(3)14-20/h5-6,9-10,12-14,16,19,23H,4,7-8,11,15H2,1-3H3/t19-,23?/m0/s1. The van der Waals surface area contributed by atoms with Gasteiger partial charge in [0.2, 0.25) is 5.91 Å². The lowest BCUT2D eigenvalue weighted by molar-refractivity contribution is -0.118. The van der Waals surface area contributed by atoms with Crippen molar-refractivity contribution in [3.63, 3.8) is 0 Å². The van der Waals surface area contributed by atoms with Crippen molar-refractivity contribution < 1.29 is 9.59 Å². The summed E-state index contributed by atoms with van der Waals surface area (Å²) in [6.07, 6.45) is 4.11. The largest absolute Gasteiger partial charge is 0.299 e. The number of benzene rings is 2. The van der Waals surface area contributed by atoms with Gasteiger partial charge in [-0.25, -0.2) is 4.90 Å². The van der Waals surface area contributed by atoms with E-state index in [0.717, 1.165) is 36.2 Å². The minimum atomic E-state index is -0.545. The minimum absolute atomic E-state index is 0.230. The van der Waals surface area contributed by atoms with Gasteiger partial charge in [0.05, 0.1) is 18.2 Å². The van der Waals surface area contributed by atoms with Gasteiger partial charge in [-0.2, -0.15) is 0 Å². The molecule has 0 saturated carbocycles. The van der Waals surface area contributed by atoms with Gasteiger partial charge in [0.1, 0.15) is 0 Å². The first-order valence-electron chi connectivity index (χ1n) is 10.8. The molecule has 0 aliphatic carbocycles. The highest BCUT2D eigenvalue weighted by atomic mass is 16.2. The summed E-state index contributed by atoms with van der Waals surface area (Å²) in [7, 11) is 0. The Morgan fingerprint density at radius 3 is 2.57 bits per heavy atom. The Balaban J connectivity index is 1.67. The topological polar surface area (TPSA) is 53.0 Å². The summed E-state index contributed by atoms with van der Waals surface area (Å²) >= 11 is 0. The van der Waals surface area contributed by atoms with Crippen molar-refractivity contribution in [2.45, 2.75) is 45.6 Å². The molecule has 5 nitrogen and oxygen atoms in total. The molecule has 2 heterocycles. The molecular formula is C25H29N3O2. The first-order valence-corrected chi connectivity index (χ1v) is 10.8. The molecule has 2 aliphatic rings. The normalized spacial score (nSPS) is 22.2. The van der Waals surface area contributed by atoms with E-state index in [-0.39, 0.29) is 11.8 Å². The number of likely N-dealkylation sites (N-methyl/N-ethyl adjacent to an activating group) is 1. The van der Waals surface area contributed by atoms with E-state index < -0.39 is 5.92 Å². The fraction of sp³-hybridized carbons (Fsp3) is 0.400. The predicted molar refractivity (Wildman–Crippen MR) is 121 cm³/mol. The van der Waals surface area contributed by atoms with Crippen molar-refractivity contribution in [1.29, 1.82) is 0 Å². The molecule has 1 unspecified atom stereocenters. The number of hydrogen-bond donors (Lipinski definition) is 0. The smallest absolute Gasteiger partial charge is 0.265 e. The Bertz CT molecular complexity index is 977. The van der Waals surface area contributed by atoms with Crippen LogP contribution < -0.4 is 4.90 Å². The number of likely N-dealkylation sites (tertiary alicyclic amines) is 1. The molecule has 1 fully saturated rings. The molecule has 5 heteroatoms. The summed E-state index contributed by atoms with van der Waals surface area (Å²) in [5.41, 5.74) is 3.99. The van der Waals surface area contributed by atoms with Crippen molar-refractivity contribution in [3.8, 4) is 0 Å². The Morgan fingerprint density at radius 2 is 1.83 bits per heavy atom. The average molecular weight is 404 g/mol. The molecule has 156 valence electrons. The number of anilines is 1. The number of fused-ring (bicyclic) bond motifs is 1. The zero-order chi connectivity index (χ0) is 21.3. The van der Waals surface area contributed by atoms with Crippen LogP contribution in [-0.2, 0) is 4.79 Å². The molecule has 30 heavy (non-hydrogen) atoms. The van der Waals surface area contributed by atoms with Gasteiger partial charge < -0.3 is 0 Å². The number of rotatable bonds is 5. The quantitative estimate of drug-likeness (QED) is 0.557. The van der Waals surface area contributed by atoms with Crippen molar-refractivity contribution in [2.24, 2.45) is 4.99 Å². The summed E-state index contributed by atoms with van der Waals surface area (Å²) in [4.78, 5) is 35.1. The lowest BCUT2D eigenvalue weighted by Gasteiger charge is -2.31. The van der Waals surface area contributed by atoms with Crippen molar-refractivity contribution in [3.05, 3.63) is 64.7 Å². The van der Waals surface area contributed by atoms with E-state index in [1.54, 1.807) is 12.3 Å². The zero-order valence-electron chi connectivity index (χ0n) is 18.0. The van der Waals surface area contributed by atoms with Gasteiger partial charge in [-0.3, -0.25) is 19.5 Å². The van der Waals surface area contributed by atoms with Crippen LogP contribution >= 0.6 is 0 Å². The number of aryl methyl sites for hydroxylation is 2. The van der Waals surface area contributed by atoms with Crippen LogP contribution in [0.5, 0.6) is 0 Å². The third-order valence-electron chi connectivity index (χ3n) is 6.16. The molecule has 0 N–H and O–H groups in total. The Kier molecular flexibility index (Phi) is 5.82. The third kappa shape index (κ3) is 3.82. The van der Waals surface area contributed by atoms with Crippen molar-refractivity contribution >= 4 is 23.7 Å². The van der Waals surface area contributed by atoms with E-state index in [1.807, 2.05) is 50.2 Å². The maximum absolute atomic E-state index is 13.5. The SMILES string of the molecule is CCN1CCC[C@H]1CN=CC1C(=O)N(c2cc(C)cc(C)c2)C(=O)c2ccccc21. The van der Waals surface area contributed by atoms with Crippen LogP contribution in [0.3, 0.4) is 0 Å². The Hall–Kier alpha value is -2.79. The second-order valence-corrected chi connectivity index (χ2v) is 8.33. The third-order valence-corrected chi connectivity index (χ3v) is 6.16. The zero-order valence-corrected chi connectivity index (χ0v) is 18.0. The van der Waals surface area contributed by atoms with Gasteiger partial charge in [-0.15, -0.1) is 0 Å². The molecule has 2 aliphatic heterocycles. The highest BCUT2D eigenvalue weighted by Crippen LogP contribution is 2.32. The van der Waals surface area contributed by atoms with E-state index >= 15 is 0 Å². The molecule has 0 bridgehead atoms. The van der Waals surface area contributed by atoms with E-state index in [9.17, 15) is 9.59 Å². The van der Waals surface area contributed by atoms with Gasteiger partial charge in [0, 0.05) is 17.8 Å². The summed E-state index contributed by atoms with van der Waals surface area (Å²) in [6, 6.07) is 13.7. The highest BCUT2D eigenvalue weighted by molar-refractivity contribution is 6.29. The van der Waals surface area contributed by atoms with Crippen LogP contribution in [0, 0.1) is 13.8 Å². The number of aliphatic imine (C=N–C) groups is 1. The average Bonchev–Trinajstić information content (AvgIpc) is 3.17. The second-order valence-electron chi connectivity index (χ2n) is 8.33. The number of imide groups is 1. The highest BCUT2D eigenvalue weighted by Gasteiger charge is 2.39. The molecule has 1 saturated heterocycles. The van der Waals surface area contributed by atoms with Gasteiger partial charge in [-0.05, 0) is 74.7 Å². The monoisotopic (exact) mass is 403 g/mol. The van der Waals surface area contributed by atoms with E-state index in [1.165, 1.54) is 11.3 Å². The van der Waals surface area contributed by atoms with Crippen molar-refractivity contribution in [1.82, 2.24) is 4.90 Å². The van der Waals surface area contributed by atoms with E-state index in [2.05, 4.69) is 16.8 Å². The van der Waals surface area contributed by atoms with Gasteiger partial charge >= 0.3 is 0 Å². The molecule has 2 atom stereocenters. The maximum atomic E-state index is 13.5. The van der Waals surface area contributed by atoms with Crippen LogP contribution in [0.4, 0.5) is 5.69 Å². The maximum Gasteiger partial charge on any atom is 0.265 e. The number of nitrogens with zero attached hydrogens (tertiary/aromatic N) is 3.